The standard InChI is InChI=1S/C12H7BrFNOS/c13-9-5-8(1-3-10(9)14)2-4-11(16)12-6-15-7-17-12/h1-7H. The van der Waals surface area contributed by atoms with Gasteiger partial charge in [-0.1, -0.05) is 12.1 Å². The molecule has 2 nitrogen and oxygen atoms in total. The van der Waals surface area contributed by atoms with Crippen LogP contribution in [0.25, 0.3) is 6.08 Å². The van der Waals surface area contributed by atoms with Crippen molar-refractivity contribution in [1.82, 2.24) is 4.98 Å². The van der Waals surface area contributed by atoms with Gasteiger partial charge in [-0.15, -0.1) is 11.3 Å². The van der Waals surface area contributed by atoms with Crippen molar-refractivity contribution in [2.45, 2.75) is 0 Å². The largest absolute Gasteiger partial charge is 0.288 e. The van der Waals surface area contributed by atoms with E-state index in [2.05, 4.69) is 20.9 Å². The molecule has 0 unspecified atom stereocenters. The lowest BCUT2D eigenvalue weighted by Crippen LogP contribution is -1.89. The van der Waals surface area contributed by atoms with Crippen LogP contribution < -0.4 is 0 Å². The molecule has 1 aromatic heterocycles. The van der Waals surface area contributed by atoms with Gasteiger partial charge < -0.3 is 0 Å². The molecule has 0 aliphatic heterocycles. The summed E-state index contributed by atoms with van der Waals surface area (Å²) in [4.78, 5) is 16.0. The third-order valence-corrected chi connectivity index (χ3v) is 3.44. The van der Waals surface area contributed by atoms with Crippen molar-refractivity contribution in [1.29, 1.82) is 0 Å². The molecule has 1 heterocycles. The van der Waals surface area contributed by atoms with E-state index in [0.717, 1.165) is 5.56 Å². The monoisotopic (exact) mass is 311 g/mol. The lowest BCUT2D eigenvalue weighted by atomic mass is 10.2. The number of halogens is 2. The first-order valence-electron chi connectivity index (χ1n) is 4.73. The number of ketones is 1. The second kappa shape index (κ2) is 5.33. The Morgan fingerprint density at radius 1 is 1.47 bits per heavy atom. The summed E-state index contributed by atoms with van der Waals surface area (Å²) in [5.74, 6) is -0.427. The van der Waals surface area contributed by atoms with Gasteiger partial charge in [-0.2, -0.15) is 0 Å². The molecule has 0 atom stereocenters. The normalized spacial score (nSPS) is 10.9. The fourth-order valence-corrected chi connectivity index (χ4v) is 2.15. The van der Waals surface area contributed by atoms with Gasteiger partial charge in [0.15, 0.2) is 5.78 Å². The summed E-state index contributed by atoms with van der Waals surface area (Å²) in [6.07, 6.45) is 4.62. The van der Waals surface area contributed by atoms with Gasteiger partial charge >= 0.3 is 0 Å². The van der Waals surface area contributed by atoms with Crippen LogP contribution >= 0.6 is 27.3 Å². The lowest BCUT2D eigenvalue weighted by Gasteiger charge is -1.96. The highest BCUT2D eigenvalue weighted by atomic mass is 79.9. The number of benzene rings is 1. The van der Waals surface area contributed by atoms with Gasteiger partial charge in [0.1, 0.15) is 5.82 Å². The van der Waals surface area contributed by atoms with Crippen LogP contribution in [-0.4, -0.2) is 10.8 Å². The maximum absolute atomic E-state index is 13.0. The summed E-state index contributed by atoms with van der Waals surface area (Å²) in [7, 11) is 0. The average Bonchev–Trinajstić information content (AvgIpc) is 2.84. The molecule has 5 heteroatoms. The van der Waals surface area contributed by atoms with Gasteiger partial charge in [-0.25, -0.2) is 4.39 Å². The molecule has 0 spiro atoms. The second-order valence-electron chi connectivity index (χ2n) is 3.24. The minimum atomic E-state index is -0.323. The van der Waals surface area contributed by atoms with Crippen LogP contribution in [0.1, 0.15) is 15.2 Å². The van der Waals surface area contributed by atoms with Gasteiger partial charge in [0.25, 0.3) is 0 Å². The molecular weight excluding hydrogens is 305 g/mol. The number of thiazole rings is 1. The van der Waals surface area contributed by atoms with Crippen LogP contribution in [0.3, 0.4) is 0 Å². The minimum absolute atomic E-state index is 0.104. The van der Waals surface area contributed by atoms with Crippen LogP contribution in [-0.2, 0) is 0 Å². The Bertz CT molecular complexity index is 566. The van der Waals surface area contributed by atoms with Gasteiger partial charge in [-0.05, 0) is 39.7 Å². The highest BCUT2D eigenvalue weighted by Crippen LogP contribution is 2.18. The Hall–Kier alpha value is -1.33. The molecule has 2 rings (SSSR count). The number of nitrogens with zero attached hydrogens (tertiary/aromatic N) is 1. The second-order valence-corrected chi connectivity index (χ2v) is 4.98. The van der Waals surface area contributed by atoms with Crippen LogP contribution in [0.2, 0.25) is 0 Å². The highest BCUT2D eigenvalue weighted by Gasteiger charge is 2.03. The van der Waals surface area contributed by atoms with E-state index in [0.29, 0.717) is 9.35 Å². The quantitative estimate of drug-likeness (QED) is 0.635. The predicted molar refractivity (Wildman–Crippen MR) is 69.6 cm³/mol. The van der Waals surface area contributed by atoms with Gasteiger partial charge in [0, 0.05) is 6.20 Å². The third-order valence-electron chi connectivity index (χ3n) is 2.05. The van der Waals surface area contributed by atoms with E-state index >= 15 is 0 Å². The fourth-order valence-electron chi connectivity index (χ4n) is 1.21. The molecule has 0 aliphatic rings. The predicted octanol–water partition coefficient (Wildman–Crippen LogP) is 3.94. The molecule has 0 N–H and O–H groups in total. The van der Waals surface area contributed by atoms with Crippen LogP contribution in [0.15, 0.2) is 40.5 Å². The Morgan fingerprint density at radius 2 is 2.29 bits per heavy atom. The first-order chi connectivity index (χ1) is 8.16. The van der Waals surface area contributed by atoms with E-state index in [1.807, 2.05) is 0 Å². The van der Waals surface area contributed by atoms with Crippen LogP contribution in [0.5, 0.6) is 0 Å². The van der Waals surface area contributed by atoms with E-state index in [1.54, 1.807) is 23.7 Å². The number of allylic oxidation sites excluding steroid dienone is 1. The summed E-state index contributed by atoms with van der Waals surface area (Å²) >= 11 is 4.38. The Labute approximate surface area is 110 Å². The third kappa shape index (κ3) is 3.08. The van der Waals surface area contributed by atoms with E-state index in [4.69, 9.17) is 0 Å². The maximum atomic E-state index is 13.0. The summed E-state index contributed by atoms with van der Waals surface area (Å²) in [5, 5.41) is 0. The average molecular weight is 312 g/mol. The van der Waals surface area contributed by atoms with Gasteiger partial charge in [-0.3, -0.25) is 9.78 Å². The van der Waals surface area contributed by atoms with Crippen LogP contribution in [0, 0.1) is 5.82 Å². The number of rotatable bonds is 3. The van der Waals surface area contributed by atoms with Crippen molar-refractivity contribution in [3.8, 4) is 0 Å². The van der Waals surface area contributed by atoms with E-state index in [9.17, 15) is 9.18 Å². The fraction of sp³-hybridized carbons (Fsp3) is 0. The molecule has 0 radical (unpaired) electrons. The molecule has 17 heavy (non-hydrogen) atoms. The summed E-state index contributed by atoms with van der Waals surface area (Å²) in [6.45, 7) is 0. The smallest absolute Gasteiger partial charge is 0.197 e. The minimum Gasteiger partial charge on any atom is -0.288 e. The van der Waals surface area contributed by atoms with Crippen LogP contribution in [0.4, 0.5) is 4.39 Å². The molecular formula is C12H7BrFNOS. The zero-order chi connectivity index (χ0) is 12.3. The van der Waals surface area contributed by atoms with Crippen molar-refractivity contribution in [3.63, 3.8) is 0 Å². The molecule has 0 bridgehead atoms. The van der Waals surface area contributed by atoms with E-state index < -0.39 is 0 Å². The summed E-state index contributed by atoms with van der Waals surface area (Å²) in [6, 6.07) is 4.57. The maximum Gasteiger partial charge on any atom is 0.197 e. The zero-order valence-corrected chi connectivity index (χ0v) is 11.0. The molecule has 0 fully saturated rings. The van der Waals surface area contributed by atoms with Crippen molar-refractivity contribution < 1.29 is 9.18 Å². The van der Waals surface area contributed by atoms with Crippen molar-refractivity contribution in [2.75, 3.05) is 0 Å². The van der Waals surface area contributed by atoms with Crippen molar-refractivity contribution >= 4 is 39.1 Å². The zero-order valence-electron chi connectivity index (χ0n) is 8.56. The molecule has 1 aromatic carbocycles. The molecule has 86 valence electrons. The topological polar surface area (TPSA) is 30.0 Å². The Balaban J connectivity index is 2.15. The number of carbonyl (C=O) groups is 1. The summed E-state index contributed by atoms with van der Waals surface area (Å²) in [5.41, 5.74) is 2.37. The Kier molecular flexibility index (Phi) is 3.81. The van der Waals surface area contributed by atoms with Crippen molar-refractivity contribution in [2.24, 2.45) is 0 Å². The van der Waals surface area contributed by atoms with Crippen molar-refractivity contribution in [3.05, 3.63) is 56.7 Å². The summed E-state index contributed by atoms with van der Waals surface area (Å²) < 4.78 is 13.4. The van der Waals surface area contributed by atoms with Gasteiger partial charge in [0.05, 0.1) is 14.9 Å². The SMILES string of the molecule is O=C(C=Cc1ccc(F)c(Br)c1)c1cncs1. The number of carbonyl (C=O) groups excluding carboxylic acids is 1. The highest BCUT2D eigenvalue weighted by molar-refractivity contribution is 9.10. The van der Waals surface area contributed by atoms with Gasteiger partial charge in [0.2, 0.25) is 0 Å². The number of aromatic nitrogens is 1. The lowest BCUT2D eigenvalue weighted by molar-refractivity contribution is 0.105. The van der Waals surface area contributed by atoms with E-state index in [1.165, 1.54) is 29.7 Å². The number of hydrogen-bond acceptors (Lipinski definition) is 3. The number of hydrogen-bond donors (Lipinski definition) is 0. The molecule has 0 aliphatic carbocycles. The molecule has 0 saturated heterocycles. The molecule has 0 saturated carbocycles. The first-order valence-corrected chi connectivity index (χ1v) is 6.40. The first kappa shape index (κ1) is 12.1. The van der Waals surface area contributed by atoms with E-state index in [-0.39, 0.29) is 11.6 Å². The molecule has 0 amide bonds. The molecule has 2 aromatic rings. The Morgan fingerprint density at radius 3 is 2.94 bits per heavy atom.